The van der Waals surface area contributed by atoms with E-state index in [1.807, 2.05) is 10.7 Å². The second-order valence-corrected chi connectivity index (χ2v) is 5.39. The van der Waals surface area contributed by atoms with E-state index in [-0.39, 0.29) is 12.7 Å². The summed E-state index contributed by atoms with van der Waals surface area (Å²) in [5, 5.41) is 17.7. The van der Waals surface area contributed by atoms with E-state index in [0.717, 1.165) is 44.5 Å². The smallest absolute Gasteiger partial charge is 0.114 e. The van der Waals surface area contributed by atoms with Gasteiger partial charge in [0.1, 0.15) is 11.8 Å². The summed E-state index contributed by atoms with van der Waals surface area (Å²) in [5.74, 6) is 0. The van der Waals surface area contributed by atoms with Crippen LogP contribution in [0.5, 0.6) is 0 Å². The molecule has 1 N–H and O–H groups in total. The number of aliphatic hydroxyl groups is 1. The minimum Gasteiger partial charge on any atom is -0.390 e. The lowest BCUT2D eigenvalue weighted by atomic mass is 10.1. The van der Waals surface area contributed by atoms with E-state index in [2.05, 4.69) is 34.6 Å². The molecule has 1 aliphatic heterocycles. The summed E-state index contributed by atoms with van der Waals surface area (Å²) in [5.41, 5.74) is 2.95. The maximum Gasteiger partial charge on any atom is 0.114 e. The van der Waals surface area contributed by atoms with Gasteiger partial charge in [-0.3, -0.25) is 0 Å². The van der Waals surface area contributed by atoms with E-state index in [4.69, 9.17) is 4.74 Å². The Kier molecular flexibility index (Phi) is 4.62. The van der Waals surface area contributed by atoms with Crippen molar-refractivity contribution in [3.8, 4) is 0 Å². The molecule has 0 bridgehead atoms. The maximum atomic E-state index is 9.42. The lowest BCUT2D eigenvalue weighted by molar-refractivity contribution is 0.102. The second-order valence-electron chi connectivity index (χ2n) is 5.39. The molecule has 0 saturated carbocycles. The highest BCUT2D eigenvalue weighted by atomic mass is 16.5. The SMILES string of the molecule is OCc1nnn(CCCc2ccccc2)c1C1CCCO1. The fourth-order valence-electron chi connectivity index (χ4n) is 2.86. The average Bonchev–Trinajstić information content (AvgIpc) is 3.16. The van der Waals surface area contributed by atoms with Crippen LogP contribution in [0.2, 0.25) is 0 Å². The van der Waals surface area contributed by atoms with E-state index in [1.54, 1.807) is 0 Å². The van der Waals surface area contributed by atoms with Crippen molar-refractivity contribution >= 4 is 0 Å². The minimum atomic E-state index is -0.0755. The number of hydrogen-bond donors (Lipinski definition) is 1. The molecule has 2 aromatic rings. The van der Waals surface area contributed by atoms with E-state index >= 15 is 0 Å². The van der Waals surface area contributed by atoms with Crippen LogP contribution in [0.3, 0.4) is 0 Å². The fourth-order valence-corrected chi connectivity index (χ4v) is 2.86. The number of aromatic nitrogens is 3. The fraction of sp³-hybridized carbons (Fsp3) is 0.500. The number of rotatable bonds is 6. The standard InChI is InChI=1S/C16H21N3O2/c20-12-14-16(15-9-5-11-21-15)19(18-17-14)10-4-8-13-6-2-1-3-7-13/h1-3,6-7,15,20H,4-5,8-12H2. The van der Waals surface area contributed by atoms with Gasteiger partial charge >= 0.3 is 0 Å². The van der Waals surface area contributed by atoms with Crippen LogP contribution in [0.25, 0.3) is 0 Å². The van der Waals surface area contributed by atoms with Crippen molar-refractivity contribution in [3.05, 3.63) is 47.3 Å². The van der Waals surface area contributed by atoms with Crippen LogP contribution in [-0.4, -0.2) is 26.7 Å². The second kappa shape index (κ2) is 6.83. The van der Waals surface area contributed by atoms with Crippen molar-refractivity contribution in [3.63, 3.8) is 0 Å². The summed E-state index contributed by atoms with van der Waals surface area (Å²) in [6.45, 7) is 1.51. The average molecular weight is 287 g/mol. The topological polar surface area (TPSA) is 60.2 Å². The molecular weight excluding hydrogens is 266 g/mol. The van der Waals surface area contributed by atoms with E-state index in [1.165, 1.54) is 5.56 Å². The molecule has 1 atom stereocenters. The highest BCUT2D eigenvalue weighted by Gasteiger charge is 2.25. The zero-order valence-corrected chi connectivity index (χ0v) is 12.1. The molecule has 1 aromatic carbocycles. The summed E-state index contributed by atoms with van der Waals surface area (Å²) in [4.78, 5) is 0. The summed E-state index contributed by atoms with van der Waals surface area (Å²) < 4.78 is 7.64. The van der Waals surface area contributed by atoms with Gasteiger partial charge < -0.3 is 9.84 Å². The van der Waals surface area contributed by atoms with Gasteiger partial charge in [0.05, 0.1) is 12.3 Å². The molecule has 2 heterocycles. The molecule has 0 radical (unpaired) electrons. The zero-order valence-electron chi connectivity index (χ0n) is 12.1. The van der Waals surface area contributed by atoms with Crippen LogP contribution in [0.4, 0.5) is 0 Å². The van der Waals surface area contributed by atoms with E-state index in [9.17, 15) is 5.11 Å². The van der Waals surface area contributed by atoms with Gasteiger partial charge in [-0.2, -0.15) is 0 Å². The van der Waals surface area contributed by atoms with Gasteiger partial charge in [0.2, 0.25) is 0 Å². The molecule has 1 unspecified atom stereocenters. The third-order valence-corrected chi connectivity index (χ3v) is 3.91. The van der Waals surface area contributed by atoms with Crippen LogP contribution in [0.15, 0.2) is 30.3 Å². The molecule has 112 valence electrons. The maximum absolute atomic E-state index is 9.42. The predicted molar refractivity (Wildman–Crippen MR) is 78.6 cm³/mol. The Hall–Kier alpha value is -1.72. The minimum absolute atomic E-state index is 0.0406. The van der Waals surface area contributed by atoms with Crippen LogP contribution >= 0.6 is 0 Å². The number of ether oxygens (including phenoxy) is 1. The highest BCUT2D eigenvalue weighted by Crippen LogP contribution is 2.30. The number of nitrogens with zero attached hydrogens (tertiary/aromatic N) is 3. The normalized spacial score (nSPS) is 18.2. The highest BCUT2D eigenvalue weighted by molar-refractivity contribution is 5.15. The molecule has 1 saturated heterocycles. The first-order chi connectivity index (χ1) is 10.4. The molecule has 0 amide bonds. The van der Waals surface area contributed by atoms with Gasteiger partial charge in [-0.1, -0.05) is 35.5 Å². The third-order valence-electron chi connectivity index (χ3n) is 3.91. The van der Waals surface area contributed by atoms with Crippen molar-refractivity contribution in [2.24, 2.45) is 0 Å². The number of hydrogen-bond acceptors (Lipinski definition) is 4. The summed E-state index contributed by atoms with van der Waals surface area (Å²) in [7, 11) is 0. The molecule has 21 heavy (non-hydrogen) atoms. The molecule has 1 aliphatic rings. The van der Waals surface area contributed by atoms with Crippen molar-refractivity contribution in [1.29, 1.82) is 0 Å². The summed E-state index contributed by atoms with van der Waals surface area (Å²) in [6, 6.07) is 10.4. The van der Waals surface area contributed by atoms with Crippen molar-refractivity contribution in [2.75, 3.05) is 6.61 Å². The number of aliphatic hydroxyl groups excluding tert-OH is 1. The van der Waals surface area contributed by atoms with Gasteiger partial charge in [0.15, 0.2) is 0 Å². The van der Waals surface area contributed by atoms with Crippen LogP contribution in [0, 0.1) is 0 Å². The van der Waals surface area contributed by atoms with Crippen molar-refractivity contribution < 1.29 is 9.84 Å². The Morgan fingerprint density at radius 1 is 1.29 bits per heavy atom. The number of benzene rings is 1. The van der Waals surface area contributed by atoms with Gasteiger partial charge in [0, 0.05) is 13.2 Å². The first-order valence-corrected chi connectivity index (χ1v) is 7.57. The Labute approximate surface area is 124 Å². The first kappa shape index (κ1) is 14.2. The Morgan fingerprint density at radius 2 is 2.14 bits per heavy atom. The Balaban J connectivity index is 1.66. The molecule has 1 fully saturated rings. The molecule has 3 rings (SSSR count). The van der Waals surface area contributed by atoms with Crippen molar-refractivity contribution in [2.45, 2.75) is 44.9 Å². The lowest BCUT2D eigenvalue weighted by Crippen LogP contribution is -2.11. The van der Waals surface area contributed by atoms with Gasteiger partial charge in [0.25, 0.3) is 0 Å². The predicted octanol–water partition coefficient (Wildman–Crippen LogP) is 2.25. The quantitative estimate of drug-likeness (QED) is 0.885. The van der Waals surface area contributed by atoms with E-state index < -0.39 is 0 Å². The monoisotopic (exact) mass is 287 g/mol. The van der Waals surface area contributed by atoms with E-state index in [0.29, 0.717) is 5.69 Å². The summed E-state index contributed by atoms with van der Waals surface area (Å²) in [6.07, 6.45) is 4.10. The van der Waals surface area contributed by atoms with Gasteiger partial charge in [-0.05, 0) is 31.2 Å². The zero-order chi connectivity index (χ0) is 14.5. The Bertz CT molecular complexity index is 562. The summed E-state index contributed by atoms with van der Waals surface area (Å²) >= 11 is 0. The van der Waals surface area contributed by atoms with Crippen LogP contribution < -0.4 is 0 Å². The molecule has 5 heteroatoms. The Morgan fingerprint density at radius 3 is 2.86 bits per heavy atom. The van der Waals surface area contributed by atoms with Crippen LogP contribution in [-0.2, 0) is 24.3 Å². The van der Waals surface area contributed by atoms with Crippen LogP contribution in [0.1, 0.15) is 42.3 Å². The first-order valence-electron chi connectivity index (χ1n) is 7.57. The number of aryl methyl sites for hydroxylation is 2. The largest absolute Gasteiger partial charge is 0.390 e. The molecule has 0 spiro atoms. The third kappa shape index (κ3) is 3.31. The molecule has 5 nitrogen and oxygen atoms in total. The molecule has 0 aliphatic carbocycles. The molecule has 1 aromatic heterocycles. The molecular formula is C16H21N3O2. The van der Waals surface area contributed by atoms with Crippen molar-refractivity contribution in [1.82, 2.24) is 15.0 Å². The van der Waals surface area contributed by atoms with Gasteiger partial charge in [-0.15, -0.1) is 5.10 Å². The lowest BCUT2D eigenvalue weighted by Gasteiger charge is -2.13. The van der Waals surface area contributed by atoms with Gasteiger partial charge in [-0.25, -0.2) is 4.68 Å².